The van der Waals surface area contributed by atoms with Crippen LogP contribution in [0.4, 0.5) is 0 Å². The van der Waals surface area contributed by atoms with Crippen LogP contribution in [0.2, 0.25) is 0 Å². The van der Waals surface area contributed by atoms with Gasteiger partial charge < -0.3 is 10.8 Å². The smallest absolute Gasteiger partial charge is 0.358 e. The van der Waals surface area contributed by atoms with Crippen LogP contribution in [0.3, 0.4) is 0 Å². The van der Waals surface area contributed by atoms with E-state index in [0.29, 0.717) is 0 Å². The second kappa shape index (κ2) is 3.38. The van der Waals surface area contributed by atoms with E-state index >= 15 is 0 Å². The number of aromatic carboxylic acids is 1. The summed E-state index contributed by atoms with van der Waals surface area (Å²) in [6.45, 7) is 0. The highest BCUT2D eigenvalue weighted by Crippen LogP contribution is 2.27. The van der Waals surface area contributed by atoms with Gasteiger partial charge in [-0.3, -0.25) is 0 Å². The normalized spacial score (nSPS) is 26.6. The first kappa shape index (κ1) is 9.14. The number of nitrogens with two attached hydrogens (primary N) is 1. The zero-order chi connectivity index (χ0) is 10.1. The van der Waals surface area contributed by atoms with Crippen LogP contribution in [-0.4, -0.2) is 32.1 Å². The van der Waals surface area contributed by atoms with Crippen molar-refractivity contribution >= 4 is 5.97 Å². The molecule has 2 rings (SSSR count). The third kappa shape index (κ3) is 1.48. The lowest BCUT2D eigenvalue weighted by Gasteiger charge is -2.14. The molecule has 0 amide bonds. The summed E-state index contributed by atoms with van der Waals surface area (Å²) < 4.78 is 1.57. The Bertz CT molecular complexity index is 349. The molecular formula is C8H12N4O2. The van der Waals surface area contributed by atoms with E-state index in [2.05, 4.69) is 10.3 Å². The van der Waals surface area contributed by atoms with Crippen molar-refractivity contribution in [3.8, 4) is 0 Å². The predicted molar refractivity (Wildman–Crippen MR) is 47.8 cm³/mol. The Kier molecular flexibility index (Phi) is 2.20. The summed E-state index contributed by atoms with van der Waals surface area (Å²) in [5.74, 6) is -1.05. The molecule has 1 heterocycles. The van der Waals surface area contributed by atoms with Crippen LogP contribution in [0.5, 0.6) is 0 Å². The van der Waals surface area contributed by atoms with Gasteiger partial charge >= 0.3 is 5.97 Å². The Morgan fingerprint density at radius 1 is 1.64 bits per heavy atom. The maximum atomic E-state index is 10.6. The molecule has 0 spiro atoms. The first-order valence-electron chi connectivity index (χ1n) is 4.59. The Hall–Kier alpha value is -1.43. The molecule has 2 atom stereocenters. The molecule has 0 radical (unpaired) electrons. The van der Waals surface area contributed by atoms with Gasteiger partial charge in [-0.15, -0.1) is 5.10 Å². The third-order valence-corrected chi connectivity index (χ3v) is 2.60. The van der Waals surface area contributed by atoms with E-state index in [9.17, 15) is 4.79 Å². The molecule has 0 aromatic carbocycles. The molecule has 0 bridgehead atoms. The Morgan fingerprint density at radius 2 is 2.43 bits per heavy atom. The van der Waals surface area contributed by atoms with Crippen molar-refractivity contribution in [1.29, 1.82) is 0 Å². The summed E-state index contributed by atoms with van der Waals surface area (Å²) in [4.78, 5) is 10.6. The standard InChI is InChI=1S/C8H12N4O2/c9-5-2-1-3-7(5)12-4-6(8(13)14)10-11-12/h4-5,7H,1-3,9H2,(H,13,14)/t5-,7-/m0/s1. The molecule has 3 N–H and O–H groups in total. The number of rotatable bonds is 2. The first-order chi connectivity index (χ1) is 6.68. The zero-order valence-electron chi connectivity index (χ0n) is 7.63. The molecule has 1 saturated carbocycles. The van der Waals surface area contributed by atoms with Gasteiger partial charge in [0.1, 0.15) is 0 Å². The van der Waals surface area contributed by atoms with E-state index in [-0.39, 0.29) is 17.8 Å². The average molecular weight is 196 g/mol. The molecule has 1 aliphatic rings. The fourth-order valence-electron chi connectivity index (χ4n) is 1.83. The van der Waals surface area contributed by atoms with Gasteiger partial charge in [-0.1, -0.05) is 5.21 Å². The van der Waals surface area contributed by atoms with E-state index in [1.165, 1.54) is 6.20 Å². The molecule has 14 heavy (non-hydrogen) atoms. The van der Waals surface area contributed by atoms with Crippen LogP contribution in [0.15, 0.2) is 6.20 Å². The van der Waals surface area contributed by atoms with Crippen molar-refractivity contribution in [1.82, 2.24) is 15.0 Å². The number of hydrogen-bond acceptors (Lipinski definition) is 4. The number of hydrogen-bond donors (Lipinski definition) is 2. The molecule has 0 saturated heterocycles. The van der Waals surface area contributed by atoms with Gasteiger partial charge in [-0.2, -0.15) is 0 Å². The molecule has 0 unspecified atom stereocenters. The van der Waals surface area contributed by atoms with Crippen molar-refractivity contribution in [2.24, 2.45) is 5.73 Å². The summed E-state index contributed by atoms with van der Waals surface area (Å²) in [5, 5.41) is 16.0. The lowest BCUT2D eigenvalue weighted by Crippen LogP contribution is -2.27. The van der Waals surface area contributed by atoms with Crippen molar-refractivity contribution in [2.75, 3.05) is 0 Å². The number of carboxylic acids is 1. The highest BCUT2D eigenvalue weighted by molar-refractivity contribution is 5.84. The maximum absolute atomic E-state index is 10.6. The molecule has 1 aliphatic carbocycles. The van der Waals surface area contributed by atoms with Gasteiger partial charge in [0.2, 0.25) is 0 Å². The summed E-state index contributed by atoms with van der Waals surface area (Å²) in [6.07, 6.45) is 4.42. The maximum Gasteiger partial charge on any atom is 0.358 e. The summed E-state index contributed by atoms with van der Waals surface area (Å²) in [7, 11) is 0. The van der Waals surface area contributed by atoms with E-state index in [1.807, 2.05) is 0 Å². The number of carbonyl (C=O) groups is 1. The monoisotopic (exact) mass is 196 g/mol. The third-order valence-electron chi connectivity index (χ3n) is 2.60. The molecule has 1 aromatic rings. The second-order valence-corrected chi connectivity index (χ2v) is 3.55. The minimum atomic E-state index is -1.05. The Labute approximate surface area is 80.7 Å². The quantitative estimate of drug-likeness (QED) is 0.695. The summed E-state index contributed by atoms with van der Waals surface area (Å²) >= 11 is 0. The van der Waals surface area contributed by atoms with Crippen molar-refractivity contribution in [3.05, 3.63) is 11.9 Å². The zero-order valence-corrected chi connectivity index (χ0v) is 7.63. The average Bonchev–Trinajstić information content (AvgIpc) is 2.71. The SMILES string of the molecule is N[C@H]1CCC[C@@H]1n1cc(C(=O)O)nn1. The fraction of sp³-hybridized carbons (Fsp3) is 0.625. The summed E-state index contributed by atoms with van der Waals surface area (Å²) in [6, 6.07) is 0.175. The molecule has 0 aliphatic heterocycles. The van der Waals surface area contributed by atoms with E-state index in [4.69, 9.17) is 10.8 Å². The van der Waals surface area contributed by atoms with E-state index < -0.39 is 5.97 Å². The number of nitrogens with zero attached hydrogens (tertiary/aromatic N) is 3. The number of carboxylic acid groups (broad SMARTS) is 1. The fourth-order valence-corrected chi connectivity index (χ4v) is 1.83. The van der Waals surface area contributed by atoms with Crippen LogP contribution in [0, 0.1) is 0 Å². The summed E-state index contributed by atoms with van der Waals surface area (Å²) in [5.41, 5.74) is 5.84. The van der Waals surface area contributed by atoms with Gasteiger partial charge in [0.25, 0.3) is 0 Å². The first-order valence-corrected chi connectivity index (χ1v) is 4.59. The predicted octanol–water partition coefficient (Wildman–Crippen LogP) is 0.0286. The van der Waals surface area contributed by atoms with Gasteiger partial charge in [-0.05, 0) is 19.3 Å². The molecular weight excluding hydrogens is 184 g/mol. The van der Waals surface area contributed by atoms with E-state index in [1.54, 1.807) is 4.68 Å². The van der Waals surface area contributed by atoms with Gasteiger partial charge in [0.15, 0.2) is 5.69 Å². The molecule has 1 aromatic heterocycles. The highest BCUT2D eigenvalue weighted by Gasteiger charge is 2.27. The van der Waals surface area contributed by atoms with Crippen LogP contribution in [0.25, 0.3) is 0 Å². The van der Waals surface area contributed by atoms with E-state index in [0.717, 1.165) is 19.3 Å². The topological polar surface area (TPSA) is 94.0 Å². The van der Waals surface area contributed by atoms with Crippen molar-refractivity contribution < 1.29 is 9.90 Å². The lowest BCUT2D eigenvalue weighted by molar-refractivity contribution is 0.0690. The minimum Gasteiger partial charge on any atom is -0.476 e. The van der Waals surface area contributed by atoms with Crippen LogP contribution < -0.4 is 5.73 Å². The largest absolute Gasteiger partial charge is 0.476 e. The molecule has 1 fully saturated rings. The molecule has 6 heteroatoms. The number of aromatic nitrogens is 3. The van der Waals surface area contributed by atoms with Crippen molar-refractivity contribution in [2.45, 2.75) is 31.3 Å². The lowest BCUT2D eigenvalue weighted by atomic mass is 10.2. The van der Waals surface area contributed by atoms with Crippen LogP contribution in [-0.2, 0) is 0 Å². The van der Waals surface area contributed by atoms with Gasteiger partial charge in [0.05, 0.1) is 12.2 Å². The van der Waals surface area contributed by atoms with Crippen LogP contribution >= 0.6 is 0 Å². The minimum absolute atomic E-state index is 0.0240. The Balaban J connectivity index is 2.20. The van der Waals surface area contributed by atoms with Crippen LogP contribution in [0.1, 0.15) is 35.8 Å². The second-order valence-electron chi connectivity index (χ2n) is 3.55. The molecule has 6 nitrogen and oxygen atoms in total. The van der Waals surface area contributed by atoms with Gasteiger partial charge in [-0.25, -0.2) is 9.48 Å². The molecule has 76 valence electrons. The Morgan fingerprint density at radius 3 is 2.93 bits per heavy atom. The highest BCUT2D eigenvalue weighted by atomic mass is 16.4. The van der Waals surface area contributed by atoms with Gasteiger partial charge in [0, 0.05) is 6.04 Å². The van der Waals surface area contributed by atoms with Crippen molar-refractivity contribution in [3.63, 3.8) is 0 Å².